The molecule has 0 spiro atoms. The van der Waals surface area contributed by atoms with Gasteiger partial charge in [-0.25, -0.2) is 0 Å². The number of hydrogen-bond acceptors (Lipinski definition) is 1. The standard InChI is InChI=1S/C20H30O/c1-16(2)20-13-11-18(4)8-5-7-17(3)9-6-10-19(15-21)12-14-20/h7,10-11,13,15-16H,5-6,8-9,12,14H2,1-4H3/b17-7-,18-11-,19-10+,20-13+. The Morgan fingerprint density at radius 2 is 1.57 bits per heavy atom. The minimum absolute atomic E-state index is 0.539. The summed E-state index contributed by atoms with van der Waals surface area (Å²) >= 11 is 0. The third-order valence-electron chi connectivity index (χ3n) is 4.15. The van der Waals surface area contributed by atoms with Crippen molar-refractivity contribution in [3.8, 4) is 0 Å². The third-order valence-corrected chi connectivity index (χ3v) is 4.15. The zero-order valence-electron chi connectivity index (χ0n) is 14.1. The molecule has 1 rings (SSSR count). The van der Waals surface area contributed by atoms with E-state index in [-0.39, 0.29) is 0 Å². The lowest BCUT2D eigenvalue weighted by Crippen LogP contribution is -1.97. The normalized spacial score (nSPS) is 29.0. The summed E-state index contributed by atoms with van der Waals surface area (Å²) in [5.41, 5.74) is 5.25. The first-order valence-corrected chi connectivity index (χ1v) is 8.19. The van der Waals surface area contributed by atoms with Gasteiger partial charge in [0, 0.05) is 0 Å². The Balaban J connectivity index is 2.94. The highest BCUT2D eigenvalue weighted by molar-refractivity contribution is 5.73. The van der Waals surface area contributed by atoms with Crippen LogP contribution in [0.2, 0.25) is 0 Å². The van der Waals surface area contributed by atoms with Crippen molar-refractivity contribution in [3.63, 3.8) is 0 Å². The van der Waals surface area contributed by atoms with Gasteiger partial charge < -0.3 is 0 Å². The lowest BCUT2D eigenvalue weighted by atomic mass is 9.94. The monoisotopic (exact) mass is 286 g/mol. The van der Waals surface area contributed by atoms with Crippen LogP contribution in [-0.2, 0) is 4.79 Å². The Kier molecular flexibility index (Phi) is 8.04. The molecule has 0 aromatic rings. The quantitative estimate of drug-likeness (QED) is 0.453. The summed E-state index contributed by atoms with van der Waals surface area (Å²) in [7, 11) is 0. The van der Waals surface area contributed by atoms with Crippen LogP contribution in [0.4, 0.5) is 0 Å². The van der Waals surface area contributed by atoms with Crippen LogP contribution in [0.25, 0.3) is 0 Å². The van der Waals surface area contributed by atoms with E-state index < -0.39 is 0 Å². The molecule has 0 saturated heterocycles. The lowest BCUT2D eigenvalue weighted by Gasteiger charge is -2.11. The summed E-state index contributed by atoms with van der Waals surface area (Å²) in [4.78, 5) is 11.2. The first-order chi connectivity index (χ1) is 10.0. The van der Waals surface area contributed by atoms with Gasteiger partial charge >= 0.3 is 0 Å². The summed E-state index contributed by atoms with van der Waals surface area (Å²) in [6, 6.07) is 0. The van der Waals surface area contributed by atoms with Crippen LogP contribution in [-0.4, -0.2) is 6.29 Å². The predicted molar refractivity (Wildman–Crippen MR) is 92.3 cm³/mol. The molecule has 0 N–H and O–H groups in total. The summed E-state index contributed by atoms with van der Waals surface area (Å²) in [5, 5.41) is 0. The highest BCUT2D eigenvalue weighted by atomic mass is 16.1. The van der Waals surface area contributed by atoms with Crippen molar-refractivity contribution in [1.29, 1.82) is 0 Å². The smallest absolute Gasteiger partial charge is 0.145 e. The number of carbonyl (C=O) groups excluding carboxylic acids is 1. The van der Waals surface area contributed by atoms with E-state index in [1.807, 2.05) is 0 Å². The molecule has 1 nitrogen and oxygen atoms in total. The van der Waals surface area contributed by atoms with E-state index in [4.69, 9.17) is 0 Å². The average Bonchev–Trinajstić information content (AvgIpc) is 2.44. The topological polar surface area (TPSA) is 17.1 Å². The maximum atomic E-state index is 11.2. The minimum Gasteiger partial charge on any atom is -0.298 e. The van der Waals surface area contributed by atoms with Crippen molar-refractivity contribution in [2.45, 2.75) is 66.2 Å². The molecule has 0 aliphatic heterocycles. The fourth-order valence-corrected chi connectivity index (χ4v) is 2.53. The number of hydrogen-bond donors (Lipinski definition) is 0. The zero-order chi connectivity index (χ0) is 15.7. The summed E-state index contributed by atoms with van der Waals surface area (Å²) in [6.07, 6.45) is 16.2. The van der Waals surface area contributed by atoms with Crippen molar-refractivity contribution in [3.05, 3.63) is 46.6 Å². The molecular weight excluding hydrogens is 256 g/mol. The van der Waals surface area contributed by atoms with Crippen LogP contribution in [0.3, 0.4) is 0 Å². The Morgan fingerprint density at radius 1 is 0.905 bits per heavy atom. The van der Waals surface area contributed by atoms with Crippen LogP contribution in [0.5, 0.6) is 0 Å². The number of aldehydes is 1. The first-order valence-electron chi connectivity index (χ1n) is 8.19. The summed E-state index contributed by atoms with van der Waals surface area (Å²) in [6.45, 7) is 8.86. The molecule has 0 atom stereocenters. The molecule has 0 radical (unpaired) electrons. The highest BCUT2D eigenvalue weighted by Crippen LogP contribution is 2.21. The Morgan fingerprint density at radius 3 is 2.24 bits per heavy atom. The van der Waals surface area contributed by atoms with Gasteiger partial charge in [0.05, 0.1) is 0 Å². The van der Waals surface area contributed by atoms with Crippen LogP contribution in [0.1, 0.15) is 66.2 Å². The molecule has 0 fully saturated rings. The Hall–Kier alpha value is -1.37. The van der Waals surface area contributed by atoms with Gasteiger partial charge in [-0.3, -0.25) is 4.79 Å². The minimum atomic E-state index is 0.539. The molecule has 0 aromatic carbocycles. The first kappa shape index (κ1) is 17.7. The molecule has 0 unspecified atom stereocenters. The van der Waals surface area contributed by atoms with Gasteiger partial charge in [0.1, 0.15) is 6.29 Å². The fraction of sp³-hybridized carbons (Fsp3) is 0.550. The van der Waals surface area contributed by atoms with Crippen LogP contribution >= 0.6 is 0 Å². The van der Waals surface area contributed by atoms with Crippen LogP contribution in [0.15, 0.2) is 46.6 Å². The van der Waals surface area contributed by atoms with Gasteiger partial charge in [-0.15, -0.1) is 0 Å². The van der Waals surface area contributed by atoms with Crippen LogP contribution in [0, 0.1) is 5.92 Å². The maximum Gasteiger partial charge on any atom is 0.145 e. The van der Waals surface area contributed by atoms with E-state index in [9.17, 15) is 4.79 Å². The molecule has 116 valence electrons. The van der Waals surface area contributed by atoms with E-state index >= 15 is 0 Å². The molecule has 0 heterocycles. The summed E-state index contributed by atoms with van der Waals surface area (Å²) in [5.74, 6) is 0.539. The Bertz CT molecular complexity index is 458. The molecule has 0 amide bonds. The molecule has 21 heavy (non-hydrogen) atoms. The van der Waals surface area contributed by atoms with Crippen molar-refractivity contribution in [2.75, 3.05) is 0 Å². The molecule has 0 saturated carbocycles. The predicted octanol–water partition coefficient (Wildman–Crippen LogP) is 5.94. The molecule has 1 aliphatic carbocycles. The zero-order valence-corrected chi connectivity index (χ0v) is 14.1. The van der Waals surface area contributed by atoms with Gasteiger partial charge in [0.15, 0.2) is 0 Å². The van der Waals surface area contributed by atoms with E-state index in [1.165, 1.54) is 16.7 Å². The van der Waals surface area contributed by atoms with Crippen molar-refractivity contribution in [1.82, 2.24) is 0 Å². The van der Waals surface area contributed by atoms with E-state index in [2.05, 4.69) is 52.0 Å². The van der Waals surface area contributed by atoms with Crippen molar-refractivity contribution < 1.29 is 4.79 Å². The molecule has 1 aliphatic rings. The highest BCUT2D eigenvalue weighted by Gasteiger charge is 2.05. The van der Waals surface area contributed by atoms with E-state index in [1.54, 1.807) is 0 Å². The second-order valence-corrected chi connectivity index (χ2v) is 6.43. The molecule has 1 heteroatoms. The van der Waals surface area contributed by atoms with Gasteiger partial charge in [-0.1, -0.05) is 54.9 Å². The fourth-order valence-electron chi connectivity index (χ4n) is 2.53. The number of allylic oxidation sites excluding steroid dienone is 8. The number of rotatable bonds is 2. The van der Waals surface area contributed by atoms with Gasteiger partial charge in [-0.2, -0.15) is 0 Å². The van der Waals surface area contributed by atoms with Crippen molar-refractivity contribution >= 4 is 6.29 Å². The SMILES string of the molecule is C/C1=C/C=C(/C(C)C)CC/C(C=O)=C\CC/C(C)=C\CC1. The van der Waals surface area contributed by atoms with Gasteiger partial charge in [-0.05, 0) is 63.9 Å². The van der Waals surface area contributed by atoms with Crippen molar-refractivity contribution in [2.24, 2.45) is 5.92 Å². The average molecular weight is 286 g/mol. The largest absolute Gasteiger partial charge is 0.298 e. The molecule has 0 aromatic heterocycles. The third kappa shape index (κ3) is 7.27. The van der Waals surface area contributed by atoms with Gasteiger partial charge in [0.2, 0.25) is 0 Å². The molecular formula is C20H30O. The second kappa shape index (κ2) is 9.55. The maximum absolute atomic E-state index is 11.2. The van der Waals surface area contributed by atoms with E-state index in [0.717, 1.165) is 50.4 Å². The summed E-state index contributed by atoms with van der Waals surface area (Å²) < 4.78 is 0. The second-order valence-electron chi connectivity index (χ2n) is 6.43. The van der Waals surface area contributed by atoms with E-state index in [0.29, 0.717) is 5.92 Å². The van der Waals surface area contributed by atoms with Crippen LogP contribution < -0.4 is 0 Å². The lowest BCUT2D eigenvalue weighted by molar-refractivity contribution is -0.105. The number of carbonyl (C=O) groups is 1. The van der Waals surface area contributed by atoms with Gasteiger partial charge in [0.25, 0.3) is 0 Å². The Labute approximate surface area is 130 Å². The molecule has 0 bridgehead atoms.